The highest BCUT2D eigenvalue weighted by Gasteiger charge is 2.20. The first-order chi connectivity index (χ1) is 14.3. The van der Waals surface area contributed by atoms with Gasteiger partial charge in [0.05, 0.1) is 11.2 Å². The number of nitrogens with one attached hydrogen (secondary N) is 2. The Labute approximate surface area is 169 Å². The third-order valence-electron chi connectivity index (χ3n) is 5.42. The van der Waals surface area contributed by atoms with E-state index in [1.165, 1.54) is 11.1 Å². The number of rotatable bonds is 5. The van der Waals surface area contributed by atoms with Crippen molar-refractivity contribution in [1.82, 2.24) is 19.9 Å². The Bertz CT molecular complexity index is 1150. The van der Waals surface area contributed by atoms with Gasteiger partial charge < -0.3 is 16.4 Å². The van der Waals surface area contributed by atoms with E-state index in [4.69, 9.17) is 15.7 Å². The maximum atomic E-state index is 6.06. The second-order valence-corrected chi connectivity index (χ2v) is 7.30. The van der Waals surface area contributed by atoms with Crippen LogP contribution in [0.15, 0.2) is 60.7 Å². The number of hydrogen-bond donors (Lipinski definition) is 3. The number of para-hydroxylation sites is 1. The van der Waals surface area contributed by atoms with E-state index in [0.717, 1.165) is 54.2 Å². The average Bonchev–Trinajstić information content (AvgIpc) is 3.16. The SMILES string of the molecule is NCc1cc2ccccc2n1-c1nc2c(c(NCc3ccccc3)n1)CCNC2. The highest BCUT2D eigenvalue weighted by molar-refractivity contribution is 5.82. The Hall–Kier alpha value is -3.22. The van der Waals surface area contributed by atoms with E-state index in [2.05, 4.69) is 57.7 Å². The summed E-state index contributed by atoms with van der Waals surface area (Å²) in [7, 11) is 0. The quantitative estimate of drug-likeness (QED) is 0.493. The number of anilines is 1. The molecule has 0 atom stereocenters. The maximum Gasteiger partial charge on any atom is 0.236 e. The molecule has 4 N–H and O–H groups in total. The largest absolute Gasteiger partial charge is 0.366 e. The Kier molecular flexibility index (Phi) is 4.71. The molecule has 6 nitrogen and oxygen atoms in total. The van der Waals surface area contributed by atoms with Crippen LogP contribution in [0.5, 0.6) is 0 Å². The molecule has 29 heavy (non-hydrogen) atoms. The standard InChI is InChI=1S/C23H24N6/c24-13-18-12-17-8-4-5-9-21(17)29(18)23-27-20-15-25-11-10-19(20)22(28-23)26-14-16-6-2-1-3-7-16/h1-9,12,25H,10-11,13-15,24H2,(H,26,27,28). The molecular weight excluding hydrogens is 360 g/mol. The zero-order chi connectivity index (χ0) is 19.6. The number of aromatic nitrogens is 3. The second kappa shape index (κ2) is 7.66. The van der Waals surface area contributed by atoms with Crippen molar-refractivity contribution in [2.45, 2.75) is 26.1 Å². The highest BCUT2D eigenvalue weighted by Crippen LogP contribution is 2.27. The van der Waals surface area contributed by atoms with E-state index in [1.54, 1.807) is 0 Å². The molecule has 0 unspecified atom stereocenters. The van der Waals surface area contributed by atoms with Crippen molar-refractivity contribution in [3.63, 3.8) is 0 Å². The minimum Gasteiger partial charge on any atom is -0.366 e. The van der Waals surface area contributed by atoms with Crippen molar-refractivity contribution >= 4 is 16.7 Å². The lowest BCUT2D eigenvalue weighted by Gasteiger charge is -2.21. The van der Waals surface area contributed by atoms with Crippen LogP contribution in [-0.2, 0) is 26.1 Å². The Morgan fingerprint density at radius 1 is 1.03 bits per heavy atom. The van der Waals surface area contributed by atoms with Gasteiger partial charge in [-0.3, -0.25) is 4.57 Å². The molecule has 3 heterocycles. The van der Waals surface area contributed by atoms with Gasteiger partial charge in [-0.25, -0.2) is 4.98 Å². The predicted octanol–water partition coefficient (Wildman–Crippen LogP) is 3.14. The molecule has 5 rings (SSSR count). The maximum absolute atomic E-state index is 6.06. The summed E-state index contributed by atoms with van der Waals surface area (Å²) in [5.74, 6) is 1.58. The number of nitrogens with zero attached hydrogens (tertiary/aromatic N) is 3. The molecule has 2 aromatic carbocycles. The third-order valence-corrected chi connectivity index (χ3v) is 5.42. The fourth-order valence-corrected chi connectivity index (χ4v) is 3.97. The lowest BCUT2D eigenvalue weighted by Crippen LogP contribution is -2.27. The summed E-state index contributed by atoms with van der Waals surface area (Å²) in [6.07, 6.45) is 0.920. The Morgan fingerprint density at radius 3 is 2.72 bits per heavy atom. The van der Waals surface area contributed by atoms with Crippen molar-refractivity contribution in [3.05, 3.63) is 83.2 Å². The van der Waals surface area contributed by atoms with Crippen molar-refractivity contribution in [1.29, 1.82) is 0 Å². The van der Waals surface area contributed by atoms with Gasteiger partial charge in [0.25, 0.3) is 0 Å². The predicted molar refractivity (Wildman–Crippen MR) is 116 cm³/mol. The summed E-state index contributed by atoms with van der Waals surface area (Å²) in [6.45, 7) is 2.85. The molecular formula is C23H24N6. The van der Waals surface area contributed by atoms with E-state index in [0.29, 0.717) is 12.5 Å². The van der Waals surface area contributed by atoms with Crippen LogP contribution in [0.25, 0.3) is 16.9 Å². The van der Waals surface area contributed by atoms with E-state index >= 15 is 0 Å². The van der Waals surface area contributed by atoms with Gasteiger partial charge in [-0.1, -0.05) is 48.5 Å². The normalized spacial score (nSPS) is 13.4. The third kappa shape index (κ3) is 3.37. The van der Waals surface area contributed by atoms with Crippen molar-refractivity contribution < 1.29 is 0 Å². The first-order valence-electron chi connectivity index (χ1n) is 10.0. The summed E-state index contributed by atoms with van der Waals surface area (Å²) < 4.78 is 2.08. The molecule has 0 amide bonds. The van der Waals surface area contributed by atoms with Crippen LogP contribution in [0.3, 0.4) is 0 Å². The van der Waals surface area contributed by atoms with Crippen molar-refractivity contribution in [3.8, 4) is 5.95 Å². The van der Waals surface area contributed by atoms with Crippen LogP contribution in [-0.4, -0.2) is 21.1 Å². The summed E-state index contributed by atoms with van der Waals surface area (Å²) >= 11 is 0. The van der Waals surface area contributed by atoms with Gasteiger partial charge >= 0.3 is 0 Å². The van der Waals surface area contributed by atoms with Gasteiger partial charge in [0.1, 0.15) is 5.82 Å². The van der Waals surface area contributed by atoms with E-state index < -0.39 is 0 Å². The van der Waals surface area contributed by atoms with Crippen molar-refractivity contribution in [2.75, 3.05) is 11.9 Å². The molecule has 146 valence electrons. The van der Waals surface area contributed by atoms with E-state index in [-0.39, 0.29) is 0 Å². The number of benzene rings is 2. The average molecular weight is 384 g/mol. The van der Waals surface area contributed by atoms with Gasteiger partial charge in [0.15, 0.2) is 0 Å². The molecule has 0 saturated heterocycles. The van der Waals surface area contributed by atoms with Crippen LogP contribution in [0, 0.1) is 0 Å². The molecule has 0 bridgehead atoms. The summed E-state index contributed by atoms with van der Waals surface area (Å²) in [4.78, 5) is 9.88. The fraction of sp³-hybridized carbons (Fsp3) is 0.217. The molecule has 0 saturated carbocycles. The van der Waals surface area contributed by atoms with Crippen LogP contribution < -0.4 is 16.4 Å². The smallest absolute Gasteiger partial charge is 0.236 e. The first kappa shape index (κ1) is 17.8. The molecule has 0 spiro atoms. The van der Waals surface area contributed by atoms with Gasteiger partial charge in [-0.2, -0.15) is 4.98 Å². The molecule has 1 aliphatic rings. The molecule has 6 heteroatoms. The van der Waals surface area contributed by atoms with E-state index in [1.807, 2.05) is 18.2 Å². The minimum atomic E-state index is 0.431. The van der Waals surface area contributed by atoms with Gasteiger partial charge in [0, 0.05) is 36.3 Å². The monoisotopic (exact) mass is 384 g/mol. The van der Waals surface area contributed by atoms with Gasteiger partial charge in [0.2, 0.25) is 5.95 Å². The fourth-order valence-electron chi connectivity index (χ4n) is 3.97. The number of nitrogens with two attached hydrogens (primary N) is 1. The molecule has 4 aromatic rings. The van der Waals surface area contributed by atoms with E-state index in [9.17, 15) is 0 Å². The Morgan fingerprint density at radius 2 is 1.86 bits per heavy atom. The highest BCUT2D eigenvalue weighted by atomic mass is 15.2. The first-order valence-corrected chi connectivity index (χ1v) is 10.0. The van der Waals surface area contributed by atoms with Gasteiger partial charge in [-0.15, -0.1) is 0 Å². The van der Waals surface area contributed by atoms with Crippen LogP contribution >= 0.6 is 0 Å². The summed E-state index contributed by atoms with van der Waals surface area (Å²) in [5.41, 5.74) is 11.6. The summed E-state index contributed by atoms with van der Waals surface area (Å²) in [5, 5.41) is 8.13. The molecule has 1 aliphatic heterocycles. The molecule has 0 aliphatic carbocycles. The topological polar surface area (TPSA) is 80.8 Å². The van der Waals surface area contributed by atoms with Crippen LogP contribution in [0.1, 0.15) is 22.5 Å². The molecule has 2 aromatic heterocycles. The molecule has 0 radical (unpaired) electrons. The number of hydrogen-bond acceptors (Lipinski definition) is 5. The lowest BCUT2D eigenvalue weighted by atomic mass is 10.1. The minimum absolute atomic E-state index is 0.431. The van der Waals surface area contributed by atoms with Crippen molar-refractivity contribution in [2.24, 2.45) is 5.73 Å². The molecule has 0 fully saturated rings. The second-order valence-electron chi connectivity index (χ2n) is 7.30. The Balaban J connectivity index is 1.61. The summed E-state index contributed by atoms with van der Waals surface area (Å²) in [6, 6.07) is 20.8. The lowest BCUT2D eigenvalue weighted by molar-refractivity contribution is 0.620. The number of fused-ring (bicyclic) bond motifs is 2. The van der Waals surface area contributed by atoms with Gasteiger partial charge in [-0.05, 0) is 30.7 Å². The zero-order valence-electron chi connectivity index (χ0n) is 16.2. The van der Waals surface area contributed by atoms with Crippen LogP contribution in [0.2, 0.25) is 0 Å². The van der Waals surface area contributed by atoms with Crippen LogP contribution in [0.4, 0.5) is 5.82 Å². The zero-order valence-corrected chi connectivity index (χ0v) is 16.2.